The summed E-state index contributed by atoms with van der Waals surface area (Å²) in [5.41, 5.74) is 2.16. The fraction of sp³-hybridized carbons (Fsp3) is 0.333. The third kappa shape index (κ3) is 5.91. The second-order valence-electron chi connectivity index (χ2n) is 6.52. The predicted octanol–water partition coefficient (Wildman–Crippen LogP) is 1.98. The Bertz CT molecular complexity index is 758. The van der Waals surface area contributed by atoms with E-state index in [-0.39, 0.29) is 17.9 Å². The van der Waals surface area contributed by atoms with Crippen LogP contribution in [0, 0.1) is 0 Å². The second kappa shape index (κ2) is 9.85. The number of anilines is 1. The van der Waals surface area contributed by atoms with E-state index >= 15 is 0 Å². The molecule has 1 atom stereocenters. The molecular weight excluding hydrogens is 342 g/mol. The van der Waals surface area contributed by atoms with Gasteiger partial charge in [0, 0.05) is 25.6 Å². The molecule has 1 saturated heterocycles. The van der Waals surface area contributed by atoms with Gasteiger partial charge in [0.2, 0.25) is 5.91 Å². The van der Waals surface area contributed by atoms with Gasteiger partial charge < -0.3 is 20.7 Å². The van der Waals surface area contributed by atoms with Crippen molar-refractivity contribution in [2.45, 2.75) is 18.9 Å². The van der Waals surface area contributed by atoms with Crippen LogP contribution in [0.2, 0.25) is 0 Å². The maximum absolute atomic E-state index is 12.5. The molecule has 6 nitrogen and oxygen atoms in total. The van der Waals surface area contributed by atoms with Gasteiger partial charge in [-0.2, -0.15) is 0 Å². The highest BCUT2D eigenvalue weighted by atomic mass is 16.5. The third-order valence-electron chi connectivity index (χ3n) is 4.42. The summed E-state index contributed by atoms with van der Waals surface area (Å²) in [6.07, 6.45) is 1.07. The number of rotatable bonds is 7. The van der Waals surface area contributed by atoms with Crippen molar-refractivity contribution in [3.05, 3.63) is 65.7 Å². The first-order chi connectivity index (χ1) is 13.2. The third-order valence-corrected chi connectivity index (χ3v) is 4.42. The minimum Gasteiger partial charge on any atom is -0.378 e. The molecule has 0 bridgehead atoms. The fourth-order valence-corrected chi connectivity index (χ4v) is 3.03. The Hall–Kier alpha value is -2.70. The van der Waals surface area contributed by atoms with E-state index in [1.165, 1.54) is 5.56 Å². The molecule has 142 valence electrons. The van der Waals surface area contributed by atoms with Crippen LogP contribution in [0.1, 0.15) is 22.3 Å². The van der Waals surface area contributed by atoms with E-state index in [9.17, 15) is 9.59 Å². The van der Waals surface area contributed by atoms with Crippen LogP contribution in [0.5, 0.6) is 0 Å². The summed E-state index contributed by atoms with van der Waals surface area (Å²) in [6, 6.07) is 17.1. The molecule has 6 heteroatoms. The molecule has 1 fully saturated rings. The molecule has 1 aliphatic heterocycles. The lowest BCUT2D eigenvalue weighted by Crippen LogP contribution is -2.43. The zero-order valence-electron chi connectivity index (χ0n) is 15.2. The van der Waals surface area contributed by atoms with E-state index in [0.29, 0.717) is 37.4 Å². The molecule has 27 heavy (non-hydrogen) atoms. The number of benzene rings is 2. The van der Waals surface area contributed by atoms with Crippen molar-refractivity contribution in [1.82, 2.24) is 10.6 Å². The molecule has 0 saturated carbocycles. The van der Waals surface area contributed by atoms with Crippen molar-refractivity contribution in [1.29, 1.82) is 0 Å². The Morgan fingerprint density at radius 3 is 2.63 bits per heavy atom. The highest BCUT2D eigenvalue weighted by Crippen LogP contribution is 2.16. The van der Waals surface area contributed by atoms with Crippen molar-refractivity contribution in [3.63, 3.8) is 0 Å². The number of hydrogen-bond donors (Lipinski definition) is 3. The number of carbonyl (C=O) groups excluding carboxylic acids is 2. The zero-order valence-corrected chi connectivity index (χ0v) is 15.2. The predicted molar refractivity (Wildman–Crippen MR) is 105 cm³/mol. The maximum Gasteiger partial charge on any atom is 0.253 e. The van der Waals surface area contributed by atoms with Crippen LogP contribution in [0.25, 0.3) is 0 Å². The van der Waals surface area contributed by atoms with Crippen molar-refractivity contribution in [3.8, 4) is 0 Å². The Morgan fingerprint density at radius 1 is 1.07 bits per heavy atom. The van der Waals surface area contributed by atoms with E-state index in [1.54, 1.807) is 24.3 Å². The first-order valence-electron chi connectivity index (χ1n) is 9.24. The van der Waals surface area contributed by atoms with E-state index in [0.717, 1.165) is 13.0 Å². The van der Waals surface area contributed by atoms with Gasteiger partial charge in [0.1, 0.15) is 0 Å². The van der Waals surface area contributed by atoms with Crippen molar-refractivity contribution >= 4 is 17.5 Å². The fourth-order valence-electron chi connectivity index (χ4n) is 3.03. The molecule has 3 rings (SSSR count). The molecule has 2 aromatic rings. The van der Waals surface area contributed by atoms with E-state index in [2.05, 4.69) is 16.0 Å². The molecule has 2 amide bonds. The van der Waals surface area contributed by atoms with Gasteiger partial charge in [0.25, 0.3) is 5.91 Å². The zero-order chi connectivity index (χ0) is 18.9. The summed E-state index contributed by atoms with van der Waals surface area (Å²) in [6.45, 7) is 2.48. The van der Waals surface area contributed by atoms with Crippen LogP contribution >= 0.6 is 0 Å². The lowest BCUT2D eigenvalue weighted by molar-refractivity contribution is -0.117. The molecule has 2 aromatic carbocycles. The normalized spacial score (nSPS) is 16.5. The molecule has 0 aromatic heterocycles. The summed E-state index contributed by atoms with van der Waals surface area (Å²) in [4.78, 5) is 24.8. The molecule has 3 N–H and O–H groups in total. The van der Waals surface area contributed by atoms with Crippen LogP contribution in [0.4, 0.5) is 5.69 Å². The van der Waals surface area contributed by atoms with Gasteiger partial charge in [-0.05, 0) is 24.1 Å². The maximum atomic E-state index is 12.5. The largest absolute Gasteiger partial charge is 0.378 e. The smallest absolute Gasteiger partial charge is 0.253 e. The molecule has 1 aliphatic rings. The van der Waals surface area contributed by atoms with Gasteiger partial charge in [-0.1, -0.05) is 42.5 Å². The monoisotopic (exact) mass is 367 g/mol. The number of nitrogens with one attached hydrogen (secondary N) is 3. The Kier molecular flexibility index (Phi) is 6.96. The van der Waals surface area contributed by atoms with Crippen molar-refractivity contribution in [2.75, 3.05) is 31.6 Å². The minimum atomic E-state index is -0.194. The first-order valence-corrected chi connectivity index (χ1v) is 9.24. The molecular formula is C21H25N3O3. The molecule has 0 radical (unpaired) electrons. The summed E-state index contributed by atoms with van der Waals surface area (Å²) in [7, 11) is 0. The quantitative estimate of drug-likeness (QED) is 0.699. The van der Waals surface area contributed by atoms with Gasteiger partial charge in [-0.25, -0.2) is 0 Å². The lowest BCUT2D eigenvalue weighted by Gasteiger charge is -2.23. The first kappa shape index (κ1) is 19.1. The molecule has 1 unspecified atom stereocenters. The number of amides is 2. The molecule has 1 heterocycles. The topological polar surface area (TPSA) is 79.5 Å². The average molecular weight is 367 g/mol. The minimum absolute atomic E-state index is 0.00520. The number of ether oxygens (including phenoxy) is 1. The Balaban J connectivity index is 1.54. The van der Waals surface area contributed by atoms with E-state index in [4.69, 9.17) is 4.74 Å². The average Bonchev–Trinajstić information content (AvgIpc) is 2.70. The van der Waals surface area contributed by atoms with Crippen LogP contribution < -0.4 is 16.0 Å². The van der Waals surface area contributed by atoms with Gasteiger partial charge in [-0.15, -0.1) is 0 Å². The number of hydrogen-bond acceptors (Lipinski definition) is 4. The van der Waals surface area contributed by atoms with Gasteiger partial charge in [0.05, 0.1) is 24.5 Å². The number of para-hydroxylation sites is 1. The summed E-state index contributed by atoms with van der Waals surface area (Å²) >= 11 is 0. The molecule has 0 aliphatic carbocycles. The van der Waals surface area contributed by atoms with Crippen LogP contribution in [-0.2, 0) is 16.0 Å². The highest BCUT2D eigenvalue weighted by molar-refractivity contribution is 6.03. The van der Waals surface area contributed by atoms with E-state index < -0.39 is 0 Å². The van der Waals surface area contributed by atoms with Gasteiger partial charge >= 0.3 is 0 Å². The Labute approximate surface area is 159 Å². The van der Waals surface area contributed by atoms with Crippen LogP contribution in [-0.4, -0.2) is 44.2 Å². The molecule has 0 spiro atoms. The summed E-state index contributed by atoms with van der Waals surface area (Å²) in [5, 5.41) is 9.02. The second-order valence-corrected chi connectivity index (χ2v) is 6.52. The van der Waals surface area contributed by atoms with Gasteiger partial charge in [-0.3, -0.25) is 9.59 Å². The van der Waals surface area contributed by atoms with Crippen LogP contribution in [0.15, 0.2) is 54.6 Å². The van der Waals surface area contributed by atoms with Crippen molar-refractivity contribution in [2.24, 2.45) is 0 Å². The Morgan fingerprint density at radius 2 is 1.85 bits per heavy atom. The number of carbonyl (C=O) groups is 2. The van der Waals surface area contributed by atoms with Gasteiger partial charge in [0.15, 0.2) is 0 Å². The van der Waals surface area contributed by atoms with Crippen molar-refractivity contribution < 1.29 is 14.3 Å². The van der Waals surface area contributed by atoms with Crippen LogP contribution in [0.3, 0.4) is 0 Å². The number of morpholine rings is 1. The lowest BCUT2D eigenvalue weighted by atomic mass is 10.1. The van der Waals surface area contributed by atoms with E-state index in [1.807, 2.05) is 30.3 Å². The summed E-state index contributed by atoms with van der Waals surface area (Å²) in [5.74, 6) is -0.330. The SMILES string of the molecule is O=C(CC1COCCN1)Nc1ccccc1C(=O)NCCc1ccccc1. The standard InChI is InChI=1S/C21H25N3O3/c25-20(14-17-15-27-13-12-22-17)24-19-9-5-4-8-18(19)21(26)23-11-10-16-6-2-1-3-7-16/h1-9,17,22H,10-15H2,(H,23,26)(H,24,25). The summed E-state index contributed by atoms with van der Waals surface area (Å²) < 4.78 is 5.37. The highest BCUT2D eigenvalue weighted by Gasteiger charge is 2.18.